The fourth-order valence-corrected chi connectivity index (χ4v) is 2.67. The Balaban J connectivity index is 1.74. The molecule has 1 atom stereocenters. The highest BCUT2D eigenvalue weighted by molar-refractivity contribution is 5.97. The average Bonchev–Trinajstić information content (AvgIpc) is 2.67. The molecule has 3 aromatic rings. The zero-order valence-electron chi connectivity index (χ0n) is 14.2. The molecule has 4 heteroatoms. The van der Waals surface area contributed by atoms with Gasteiger partial charge in [0.2, 0.25) is 5.91 Å². The summed E-state index contributed by atoms with van der Waals surface area (Å²) in [6.45, 7) is 1.87. The maximum atomic E-state index is 12.5. The summed E-state index contributed by atoms with van der Waals surface area (Å²) in [6.07, 6.45) is 0. The molecule has 1 N–H and O–H groups in total. The number of carbonyl (C=O) groups is 1. The summed E-state index contributed by atoms with van der Waals surface area (Å²) in [4.78, 5) is 14.5. The SMILES string of the molecule is C[C@H](C(=O)Nc1ccc(C#N)cc1)N(C)c1ccc2ccccc2c1. The van der Waals surface area contributed by atoms with Crippen LogP contribution in [0, 0.1) is 11.3 Å². The number of nitriles is 1. The zero-order valence-corrected chi connectivity index (χ0v) is 14.2. The third kappa shape index (κ3) is 3.61. The van der Waals surface area contributed by atoms with E-state index < -0.39 is 0 Å². The van der Waals surface area contributed by atoms with Crippen molar-refractivity contribution in [2.24, 2.45) is 0 Å². The molecule has 0 radical (unpaired) electrons. The second-order valence-electron chi connectivity index (χ2n) is 6.00. The number of carbonyl (C=O) groups excluding carboxylic acids is 1. The first-order chi connectivity index (χ1) is 12.1. The van der Waals surface area contributed by atoms with Gasteiger partial charge in [0.25, 0.3) is 0 Å². The molecule has 3 aromatic carbocycles. The summed E-state index contributed by atoms with van der Waals surface area (Å²) in [5, 5.41) is 14.0. The minimum Gasteiger partial charge on any atom is -0.363 e. The standard InChI is InChI=1S/C21H19N3O/c1-15(21(25)23-19-10-7-16(14-22)8-11-19)24(2)20-12-9-17-5-3-4-6-18(17)13-20/h3-13,15H,1-2H3,(H,23,25)/t15-/m1/s1. The van der Waals surface area contributed by atoms with Gasteiger partial charge in [-0.15, -0.1) is 0 Å². The van der Waals surface area contributed by atoms with E-state index in [4.69, 9.17) is 5.26 Å². The highest BCUT2D eigenvalue weighted by atomic mass is 16.2. The van der Waals surface area contributed by atoms with E-state index in [-0.39, 0.29) is 11.9 Å². The smallest absolute Gasteiger partial charge is 0.246 e. The number of benzene rings is 3. The third-order valence-corrected chi connectivity index (χ3v) is 4.38. The van der Waals surface area contributed by atoms with E-state index in [0.717, 1.165) is 11.1 Å². The molecule has 0 aliphatic heterocycles. The molecule has 0 spiro atoms. The van der Waals surface area contributed by atoms with Gasteiger partial charge in [0.15, 0.2) is 0 Å². The molecule has 0 bridgehead atoms. The lowest BCUT2D eigenvalue weighted by atomic mass is 10.1. The van der Waals surface area contributed by atoms with E-state index in [1.807, 2.05) is 37.1 Å². The fraction of sp³-hybridized carbons (Fsp3) is 0.143. The van der Waals surface area contributed by atoms with Gasteiger partial charge in [-0.1, -0.05) is 30.3 Å². The molecule has 0 heterocycles. The van der Waals surface area contributed by atoms with Gasteiger partial charge in [-0.05, 0) is 54.1 Å². The number of rotatable bonds is 4. The van der Waals surface area contributed by atoms with Crippen LogP contribution in [0.5, 0.6) is 0 Å². The van der Waals surface area contributed by atoms with Crippen LogP contribution in [0.3, 0.4) is 0 Å². The van der Waals surface area contributed by atoms with Crippen molar-refractivity contribution < 1.29 is 4.79 Å². The van der Waals surface area contributed by atoms with Gasteiger partial charge in [0, 0.05) is 18.4 Å². The van der Waals surface area contributed by atoms with Crippen LogP contribution in [0.4, 0.5) is 11.4 Å². The van der Waals surface area contributed by atoms with Crippen LogP contribution >= 0.6 is 0 Å². The van der Waals surface area contributed by atoms with Crippen molar-refractivity contribution in [3.8, 4) is 6.07 Å². The molecule has 0 aromatic heterocycles. The number of fused-ring (bicyclic) bond motifs is 1. The molecule has 4 nitrogen and oxygen atoms in total. The van der Waals surface area contributed by atoms with Crippen molar-refractivity contribution in [3.63, 3.8) is 0 Å². The second-order valence-corrected chi connectivity index (χ2v) is 6.00. The Kier molecular flexibility index (Phi) is 4.67. The number of likely N-dealkylation sites (N-methyl/N-ethyl adjacent to an activating group) is 1. The molecule has 0 aliphatic rings. The topological polar surface area (TPSA) is 56.1 Å². The Morgan fingerprint density at radius 3 is 2.40 bits per heavy atom. The number of anilines is 2. The van der Waals surface area contributed by atoms with Gasteiger partial charge in [0.05, 0.1) is 11.6 Å². The predicted octanol–water partition coefficient (Wildman–Crippen LogP) is 4.17. The average molecular weight is 329 g/mol. The maximum absolute atomic E-state index is 12.5. The van der Waals surface area contributed by atoms with Crippen LogP contribution < -0.4 is 10.2 Å². The van der Waals surface area contributed by atoms with Crippen LogP contribution in [-0.2, 0) is 4.79 Å². The van der Waals surface area contributed by atoms with E-state index in [1.165, 1.54) is 5.39 Å². The monoisotopic (exact) mass is 329 g/mol. The molecule has 1 amide bonds. The number of nitrogens with one attached hydrogen (secondary N) is 1. The Morgan fingerprint density at radius 1 is 1.04 bits per heavy atom. The maximum Gasteiger partial charge on any atom is 0.246 e. The van der Waals surface area contributed by atoms with Gasteiger partial charge in [0.1, 0.15) is 6.04 Å². The molecular weight excluding hydrogens is 310 g/mol. The summed E-state index contributed by atoms with van der Waals surface area (Å²) in [5.41, 5.74) is 2.24. The van der Waals surface area contributed by atoms with Crippen LogP contribution in [0.15, 0.2) is 66.7 Å². The lowest BCUT2D eigenvalue weighted by Gasteiger charge is -2.26. The van der Waals surface area contributed by atoms with E-state index >= 15 is 0 Å². The Bertz CT molecular complexity index is 941. The molecule has 3 rings (SSSR count). The van der Waals surface area contributed by atoms with Crippen LogP contribution in [0.25, 0.3) is 10.8 Å². The molecule has 0 saturated carbocycles. The summed E-state index contributed by atoms with van der Waals surface area (Å²) in [7, 11) is 1.91. The fourth-order valence-electron chi connectivity index (χ4n) is 2.67. The molecule has 25 heavy (non-hydrogen) atoms. The number of amides is 1. The minimum atomic E-state index is -0.336. The van der Waals surface area contributed by atoms with E-state index in [2.05, 4.69) is 35.7 Å². The molecule has 0 fully saturated rings. The van der Waals surface area contributed by atoms with Crippen LogP contribution in [-0.4, -0.2) is 19.0 Å². The Labute approximate surface area is 147 Å². The van der Waals surface area contributed by atoms with Crippen molar-refractivity contribution in [2.45, 2.75) is 13.0 Å². The van der Waals surface area contributed by atoms with Gasteiger partial charge < -0.3 is 10.2 Å². The van der Waals surface area contributed by atoms with Gasteiger partial charge in [-0.3, -0.25) is 4.79 Å². The first kappa shape index (κ1) is 16.5. The van der Waals surface area contributed by atoms with Gasteiger partial charge in [-0.2, -0.15) is 5.26 Å². The van der Waals surface area contributed by atoms with Crippen molar-refractivity contribution in [1.82, 2.24) is 0 Å². The molecule has 0 aliphatic carbocycles. The Hall–Kier alpha value is -3.32. The van der Waals surface area contributed by atoms with Crippen molar-refractivity contribution in [2.75, 3.05) is 17.3 Å². The lowest BCUT2D eigenvalue weighted by molar-refractivity contribution is -0.117. The van der Waals surface area contributed by atoms with Gasteiger partial charge in [-0.25, -0.2) is 0 Å². The minimum absolute atomic E-state index is 0.0969. The summed E-state index contributed by atoms with van der Waals surface area (Å²) in [5.74, 6) is -0.0969. The largest absolute Gasteiger partial charge is 0.363 e. The van der Waals surface area contributed by atoms with Gasteiger partial charge >= 0.3 is 0 Å². The van der Waals surface area contributed by atoms with E-state index in [9.17, 15) is 4.79 Å². The van der Waals surface area contributed by atoms with Crippen molar-refractivity contribution in [3.05, 3.63) is 72.3 Å². The van der Waals surface area contributed by atoms with Crippen LogP contribution in [0.1, 0.15) is 12.5 Å². The van der Waals surface area contributed by atoms with E-state index in [1.54, 1.807) is 24.3 Å². The van der Waals surface area contributed by atoms with E-state index in [0.29, 0.717) is 11.3 Å². The highest BCUT2D eigenvalue weighted by Crippen LogP contribution is 2.23. The summed E-state index contributed by atoms with van der Waals surface area (Å²) < 4.78 is 0. The third-order valence-electron chi connectivity index (χ3n) is 4.38. The second kappa shape index (κ2) is 7.06. The molecule has 0 saturated heterocycles. The van der Waals surface area contributed by atoms with Crippen molar-refractivity contribution >= 4 is 28.1 Å². The lowest BCUT2D eigenvalue weighted by Crippen LogP contribution is -2.39. The number of hydrogen-bond donors (Lipinski definition) is 1. The summed E-state index contributed by atoms with van der Waals surface area (Å²) in [6, 6.07) is 22.9. The first-order valence-electron chi connectivity index (χ1n) is 8.11. The molecule has 0 unspecified atom stereocenters. The van der Waals surface area contributed by atoms with Crippen molar-refractivity contribution in [1.29, 1.82) is 5.26 Å². The normalized spacial score (nSPS) is 11.6. The first-order valence-corrected chi connectivity index (χ1v) is 8.11. The number of hydrogen-bond acceptors (Lipinski definition) is 3. The summed E-state index contributed by atoms with van der Waals surface area (Å²) >= 11 is 0. The molecular formula is C21H19N3O. The predicted molar refractivity (Wildman–Crippen MR) is 102 cm³/mol. The van der Waals surface area contributed by atoms with Crippen LogP contribution in [0.2, 0.25) is 0 Å². The molecule has 124 valence electrons. The quantitative estimate of drug-likeness (QED) is 0.781. The number of nitrogens with zero attached hydrogens (tertiary/aromatic N) is 2. The zero-order chi connectivity index (χ0) is 17.8. The Morgan fingerprint density at radius 2 is 1.72 bits per heavy atom. The highest BCUT2D eigenvalue weighted by Gasteiger charge is 2.18.